The van der Waals surface area contributed by atoms with Crippen molar-refractivity contribution in [3.8, 4) is 5.75 Å². The number of phenolic OH excluding ortho intramolecular Hbond substituents is 1. The van der Waals surface area contributed by atoms with E-state index in [2.05, 4.69) is 25.7 Å². The van der Waals surface area contributed by atoms with Crippen molar-refractivity contribution in [2.24, 2.45) is 0 Å². The smallest absolute Gasteiger partial charge is 0.421 e. The number of benzene rings is 1. The zero-order valence-electron chi connectivity index (χ0n) is 16.6. The zero-order chi connectivity index (χ0) is 22.0. The third-order valence-corrected chi connectivity index (χ3v) is 5.08. The molecule has 8 nitrogen and oxygen atoms in total. The number of para-hydroxylation sites is 2. The number of phenols is 1. The van der Waals surface area contributed by atoms with Gasteiger partial charge in [-0.25, -0.2) is 4.98 Å². The Balaban J connectivity index is 1.62. The Bertz CT molecular complexity index is 1060. The fraction of sp³-hybridized carbons (Fsp3) is 0.350. The van der Waals surface area contributed by atoms with Crippen molar-refractivity contribution in [3.05, 3.63) is 47.9 Å². The van der Waals surface area contributed by atoms with Crippen molar-refractivity contribution < 1.29 is 23.0 Å². The first kappa shape index (κ1) is 20.9. The highest BCUT2D eigenvalue weighted by Gasteiger charge is 2.35. The number of anilines is 4. The molecule has 1 fully saturated rings. The third-order valence-electron chi connectivity index (χ3n) is 5.08. The SMILES string of the molecule is Cc1c(Nc2ncc(C(F)(F)F)c(Nc3ccccc3O)n2)cnn1C1CCOCC1. The van der Waals surface area contributed by atoms with Crippen LogP contribution in [0.25, 0.3) is 0 Å². The Kier molecular flexibility index (Phi) is 5.68. The number of nitrogens with one attached hydrogen (secondary N) is 2. The molecule has 0 radical (unpaired) electrons. The average Bonchev–Trinajstić information content (AvgIpc) is 3.10. The molecule has 164 valence electrons. The summed E-state index contributed by atoms with van der Waals surface area (Å²) < 4.78 is 47.6. The minimum atomic E-state index is -4.67. The molecule has 4 rings (SSSR count). The first-order valence-corrected chi connectivity index (χ1v) is 9.71. The van der Waals surface area contributed by atoms with Crippen LogP contribution in [0.3, 0.4) is 0 Å². The second-order valence-corrected chi connectivity index (χ2v) is 7.15. The fourth-order valence-corrected chi connectivity index (χ4v) is 3.42. The number of halogens is 3. The second-order valence-electron chi connectivity index (χ2n) is 7.15. The first-order chi connectivity index (χ1) is 14.8. The molecule has 0 spiro atoms. The minimum Gasteiger partial charge on any atom is -0.506 e. The third kappa shape index (κ3) is 4.55. The van der Waals surface area contributed by atoms with E-state index in [1.165, 1.54) is 12.1 Å². The summed E-state index contributed by atoms with van der Waals surface area (Å²) in [4.78, 5) is 7.84. The number of nitrogens with zero attached hydrogens (tertiary/aromatic N) is 4. The molecule has 0 unspecified atom stereocenters. The van der Waals surface area contributed by atoms with Crippen LogP contribution in [-0.2, 0) is 10.9 Å². The van der Waals surface area contributed by atoms with E-state index >= 15 is 0 Å². The topological polar surface area (TPSA) is 97.1 Å². The summed E-state index contributed by atoms with van der Waals surface area (Å²) in [6.07, 6.45) is -0.687. The van der Waals surface area contributed by atoms with Crippen molar-refractivity contribution in [2.75, 3.05) is 23.8 Å². The normalized spacial score (nSPS) is 15.1. The summed E-state index contributed by atoms with van der Waals surface area (Å²) in [6, 6.07) is 6.17. The Morgan fingerprint density at radius 2 is 1.84 bits per heavy atom. The van der Waals surface area contributed by atoms with Gasteiger partial charge in [0.2, 0.25) is 5.95 Å². The van der Waals surface area contributed by atoms with Crippen LogP contribution in [0.5, 0.6) is 5.75 Å². The molecule has 1 aliphatic rings. The van der Waals surface area contributed by atoms with Crippen LogP contribution >= 0.6 is 0 Å². The predicted octanol–water partition coefficient (Wildman–Crippen LogP) is 4.54. The highest BCUT2D eigenvalue weighted by Crippen LogP contribution is 2.37. The summed E-state index contributed by atoms with van der Waals surface area (Å²) in [7, 11) is 0. The molecule has 0 aliphatic carbocycles. The Morgan fingerprint density at radius 3 is 2.55 bits per heavy atom. The standard InChI is InChI=1S/C20H21F3N6O2/c1-12-16(11-25-29(12)13-6-8-31-9-7-13)27-19-24-10-14(20(21,22)23)18(28-19)26-15-4-2-3-5-17(15)30/h2-5,10-11,13,30H,6-9H2,1H3,(H2,24,26,27,28). The van der Waals surface area contributed by atoms with Crippen LogP contribution in [0, 0.1) is 6.92 Å². The first-order valence-electron chi connectivity index (χ1n) is 9.71. The lowest BCUT2D eigenvalue weighted by Gasteiger charge is -2.23. The van der Waals surface area contributed by atoms with E-state index in [0.717, 1.165) is 18.5 Å². The number of ether oxygens (including phenoxy) is 1. The molecule has 3 N–H and O–H groups in total. The lowest BCUT2D eigenvalue weighted by molar-refractivity contribution is -0.137. The Morgan fingerprint density at radius 1 is 1.10 bits per heavy atom. The van der Waals surface area contributed by atoms with Crippen LogP contribution in [0.1, 0.15) is 30.1 Å². The maximum atomic E-state index is 13.5. The maximum absolute atomic E-state index is 13.5. The van der Waals surface area contributed by atoms with Gasteiger partial charge in [-0.3, -0.25) is 4.68 Å². The van der Waals surface area contributed by atoms with Gasteiger partial charge in [0.25, 0.3) is 0 Å². The van der Waals surface area contributed by atoms with Crippen LogP contribution in [0.4, 0.5) is 36.3 Å². The van der Waals surface area contributed by atoms with Crippen LogP contribution < -0.4 is 10.6 Å². The second kappa shape index (κ2) is 8.42. The number of hydrogen-bond acceptors (Lipinski definition) is 7. The van der Waals surface area contributed by atoms with Gasteiger partial charge in [0.05, 0.1) is 29.3 Å². The quantitative estimate of drug-likeness (QED) is 0.507. The molecule has 3 aromatic rings. The van der Waals surface area contributed by atoms with Crippen molar-refractivity contribution in [3.63, 3.8) is 0 Å². The Hall–Kier alpha value is -3.34. The van der Waals surface area contributed by atoms with Gasteiger partial charge in [-0.2, -0.15) is 23.3 Å². The van der Waals surface area contributed by atoms with E-state index in [-0.39, 0.29) is 23.4 Å². The lowest BCUT2D eigenvalue weighted by atomic mass is 10.1. The molecule has 0 atom stereocenters. The lowest BCUT2D eigenvalue weighted by Crippen LogP contribution is -2.21. The van der Waals surface area contributed by atoms with Crippen molar-refractivity contribution in [2.45, 2.75) is 32.0 Å². The van der Waals surface area contributed by atoms with E-state index in [4.69, 9.17) is 4.74 Å². The number of hydrogen-bond donors (Lipinski definition) is 3. The van der Waals surface area contributed by atoms with E-state index in [1.807, 2.05) is 11.6 Å². The monoisotopic (exact) mass is 434 g/mol. The summed E-state index contributed by atoms with van der Waals surface area (Å²) in [5, 5.41) is 19.8. The molecule has 1 aromatic carbocycles. The zero-order valence-corrected chi connectivity index (χ0v) is 16.6. The average molecular weight is 434 g/mol. The Labute approximate surface area is 176 Å². The summed E-state index contributed by atoms with van der Waals surface area (Å²) in [5.74, 6) is -0.696. The number of alkyl halides is 3. The van der Waals surface area contributed by atoms with Crippen molar-refractivity contribution in [1.82, 2.24) is 19.7 Å². The fourth-order valence-electron chi connectivity index (χ4n) is 3.42. The molecule has 0 saturated carbocycles. The molecule has 1 saturated heterocycles. The maximum Gasteiger partial charge on any atom is 0.421 e. The van der Waals surface area contributed by atoms with Crippen LogP contribution in [-0.4, -0.2) is 38.1 Å². The summed E-state index contributed by atoms with van der Waals surface area (Å²) in [5.41, 5.74) is 0.475. The van der Waals surface area contributed by atoms with E-state index in [9.17, 15) is 18.3 Å². The molecule has 0 amide bonds. The van der Waals surface area contributed by atoms with Gasteiger partial charge in [-0.1, -0.05) is 12.1 Å². The highest BCUT2D eigenvalue weighted by molar-refractivity contribution is 5.67. The minimum absolute atomic E-state index is 0.0273. The number of rotatable bonds is 5. The van der Waals surface area contributed by atoms with Crippen molar-refractivity contribution in [1.29, 1.82) is 0 Å². The van der Waals surface area contributed by atoms with E-state index in [1.54, 1.807) is 18.3 Å². The van der Waals surface area contributed by atoms with Gasteiger partial charge in [0, 0.05) is 19.4 Å². The van der Waals surface area contributed by atoms with Gasteiger partial charge in [-0.05, 0) is 31.9 Å². The van der Waals surface area contributed by atoms with E-state index < -0.39 is 17.6 Å². The summed E-state index contributed by atoms with van der Waals surface area (Å²) >= 11 is 0. The summed E-state index contributed by atoms with van der Waals surface area (Å²) in [6.45, 7) is 3.20. The van der Waals surface area contributed by atoms with Gasteiger partial charge in [0.15, 0.2) is 0 Å². The molecule has 31 heavy (non-hydrogen) atoms. The molecular weight excluding hydrogens is 413 g/mol. The largest absolute Gasteiger partial charge is 0.506 e. The molecule has 3 heterocycles. The molecule has 11 heteroatoms. The van der Waals surface area contributed by atoms with Gasteiger partial charge in [0.1, 0.15) is 17.1 Å². The number of aromatic nitrogens is 4. The molecule has 1 aliphatic heterocycles. The van der Waals surface area contributed by atoms with E-state index in [0.29, 0.717) is 25.1 Å². The van der Waals surface area contributed by atoms with Crippen molar-refractivity contribution >= 4 is 23.1 Å². The number of aromatic hydroxyl groups is 1. The highest BCUT2D eigenvalue weighted by atomic mass is 19.4. The molecule has 2 aromatic heterocycles. The molecular formula is C20H21F3N6O2. The van der Waals surface area contributed by atoms with Crippen LogP contribution in [0.2, 0.25) is 0 Å². The van der Waals surface area contributed by atoms with Crippen LogP contribution in [0.15, 0.2) is 36.7 Å². The van der Waals surface area contributed by atoms with Gasteiger partial charge < -0.3 is 20.5 Å². The van der Waals surface area contributed by atoms with Gasteiger partial charge in [-0.15, -0.1) is 0 Å². The predicted molar refractivity (Wildman–Crippen MR) is 108 cm³/mol. The van der Waals surface area contributed by atoms with Gasteiger partial charge >= 0.3 is 6.18 Å². The molecule has 0 bridgehead atoms.